The number of nitrogens with one attached hydrogen (secondary N) is 1. The van der Waals surface area contributed by atoms with Gasteiger partial charge in [-0.25, -0.2) is 15.1 Å². The van der Waals surface area contributed by atoms with E-state index in [4.69, 9.17) is 21.1 Å². The molecule has 0 radical (unpaired) electrons. The number of ether oxygens (including phenoxy) is 2. The van der Waals surface area contributed by atoms with Crippen LogP contribution in [0.4, 0.5) is 19.0 Å². The van der Waals surface area contributed by atoms with E-state index in [1.54, 1.807) is 23.1 Å². The number of rotatable bonds is 9. The molecule has 14 heteroatoms. The van der Waals surface area contributed by atoms with Gasteiger partial charge in [0.2, 0.25) is 5.91 Å². The molecule has 1 fully saturated rings. The molecule has 1 N–H and O–H groups in total. The van der Waals surface area contributed by atoms with Gasteiger partial charge in [0, 0.05) is 26.2 Å². The summed E-state index contributed by atoms with van der Waals surface area (Å²) in [6.07, 6.45) is -1.03. The van der Waals surface area contributed by atoms with E-state index < -0.39 is 29.2 Å². The number of hydrogen-bond donors (Lipinski definition) is 1. The van der Waals surface area contributed by atoms with Crippen molar-refractivity contribution in [2.75, 3.05) is 44.3 Å². The van der Waals surface area contributed by atoms with Gasteiger partial charge < -0.3 is 19.3 Å². The smallest absolute Gasteiger partial charge is 0.425 e. The molecule has 34 heavy (non-hydrogen) atoms. The lowest BCUT2D eigenvalue weighted by atomic mass is 10.2. The lowest BCUT2D eigenvalue weighted by molar-refractivity contribution is -0.140. The third-order valence-electron chi connectivity index (χ3n) is 5.22. The van der Waals surface area contributed by atoms with Crippen molar-refractivity contribution in [3.05, 3.63) is 39.7 Å². The summed E-state index contributed by atoms with van der Waals surface area (Å²) >= 11 is 5.75. The fourth-order valence-electron chi connectivity index (χ4n) is 3.35. The van der Waals surface area contributed by atoms with E-state index in [9.17, 15) is 22.8 Å². The molecule has 3 heterocycles. The van der Waals surface area contributed by atoms with Gasteiger partial charge in [-0.05, 0) is 6.42 Å². The zero-order valence-electron chi connectivity index (χ0n) is 18.3. The number of carbonyl (C=O) groups excluding carboxylic acids is 1. The monoisotopic (exact) mass is 504 g/mol. The first-order chi connectivity index (χ1) is 16.2. The molecule has 0 bridgehead atoms. The van der Waals surface area contributed by atoms with Crippen LogP contribution < -0.4 is 15.2 Å². The van der Waals surface area contributed by atoms with E-state index in [2.05, 4.69) is 15.1 Å². The Hall–Kier alpha value is -2.93. The highest BCUT2D eigenvalue weighted by atomic mass is 35.5. The lowest BCUT2D eigenvalue weighted by Gasteiger charge is -2.35. The van der Waals surface area contributed by atoms with Crippen molar-refractivity contribution in [1.29, 1.82) is 0 Å². The molecule has 0 unspecified atom stereocenters. The van der Waals surface area contributed by atoms with E-state index in [1.807, 2.05) is 4.90 Å². The minimum atomic E-state index is -4.88. The van der Waals surface area contributed by atoms with Gasteiger partial charge in [0.15, 0.2) is 11.3 Å². The van der Waals surface area contributed by atoms with Crippen molar-refractivity contribution in [2.45, 2.75) is 32.0 Å². The minimum absolute atomic E-state index is 0.0866. The molecule has 0 aliphatic carbocycles. The normalized spacial score (nSPS) is 15.3. The number of nitrogens with zero attached hydrogens (tertiary/aromatic N) is 5. The maximum atomic E-state index is 13.1. The lowest BCUT2D eigenvalue weighted by Crippen LogP contribution is -2.49. The van der Waals surface area contributed by atoms with Crippen LogP contribution in [0.1, 0.15) is 25.3 Å². The Morgan fingerprint density at radius 1 is 1.21 bits per heavy atom. The van der Waals surface area contributed by atoms with Crippen LogP contribution in [0.3, 0.4) is 0 Å². The fourth-order valence-corrected chi connectivity index (χ4v) is 3.45. The van der Waals surface area contributed by atoms with Crippen molar-refractivity contribution < 1.29 is 27.4 Å². The maximum absolute atomic E-state index is 13.1. The van der Waals surface area contributed by atoms with E-state index in [-0.39, 0.29) is 25.5 Å². The van der Waals surface area contributed by atoms with Crippen molar-refractivity contribution >= 4 is 23.3 Å². The van der Waals surface area contributed by atoms with Crippen LogP contribution in [0.15, 0.2) is 23.4 Å². The van der Waals surface area contributed by atoms with E-state index >= 15 is 0 Å². The zero-order valence-corrected chi connectivity index (χ0v) is 19.1. The first kappa shape index (κ1) is 25.7. The van der Waals surface area contributed by atoms with Crippen LogP contribution in [0.5, 0.6) is 5.75 Å². The first-order valence-electron chi connectivity index (χ1n) is 10.6. The number of aromatic nitrogens is 4. The third-order valence-corrected chi connectivity index (χ3v) is 5.41. The van der Waals surface area contributed by atoms with Crippen molar-refractivity contribution in [3.8, 4) is 5.75 Å². The standard InChI is InChI=1S/C20H24ClF3N6O4/c1-2-13(12-34-14-9-27-28-19(32)18(14)20(22,23)24)33-8-3-17(31)30-6-4-29(5-7-30)16-11-25-15(21)10-26-16/h9-11,13H,2-8,12H2,1H3,(H,28,32)/t13-/m0/s1. The topological polar surface area (TPSA) is 114 Å². The summed E-state index contributed by atoms with van der Waals surface area (Å²) < 4.78 is 50.1. The van der Waals surface area contributed by atoms with Crippen molar-refractivity contribution in [2.24, 2.45) is 0 Å². The molecule has 2 aromatic rings. The molecule has 3 rings (SSSR count). The average molecular weight is 505 g/mol. The third kappa shape index (κ3) is 6.79. The quantitative estimate of drug-likeness (QED) is 0.552. The van der Waals surface area contributed by atoms with Crippen molar-refractivity contribution in [3.63, 3.8) is 0 Å². The maximum Gasteiger partial charge on any atom is 0.425 e. The van der Waals surface area contributed by atoms with Gasteiger partial charge in [-0.2, -0.15) is 18.3 Å². The Kier molecular flexibility index (Phi) is 8.67. The molecule has 0 aromatic carbocycles. The minimum Gasteiger partial charge on any atom is -0.488 e. The summed E-state index contributed by atoms with van der Waals surface area (Å²) in [7, 11) is 0. The van der Waals surface area contributed by atoms with Gasteiger partial charge in [0.25, 0.3) is 5.56 Å². The average Bonchev–Trinajstić information content (AvgIpc) is 2.81. The molecule has 1 saturated heterocycles. The number of alkyl halides is 3. The number of anilines is 1. The molecule has 0 saturated carbocycles. The molecule has 1 aliphatic rings. The predicted octanol–water partition coefficient (Wildman–Crippen LogP) is 2.15. The highest BCUT2D eigenvalue weighted by Crippen LogP contribution is 2.32. The second kappa shape index (κ2) is 11.5. The summed E-state index contributed by atoms with van der Waals surface area (Å²) in [5.74, 6) is -0.0664. The predicted molar refractivity (Wildman–Crippen MR) is 116 cm³/mol. The molecule has 1 atom stereocenters. The Morgan fingerprint density at radius 3 is 2.56 bits per heavy atom. The van der Waals surface area contributed by atoms with Crippen LogP contribution in [0, 0.1) is 0 Å². The van der Waals surface area contributed by atoms with Crippen LogP contribution in [-0.4, -0.2) is 76.5 Å². The number of aromatic amines is 1. The number of hydrogen-bond acceptors (Lipinski definition) is 8. The van der Waals surface area contributed by atoms with E-state index in [0.29, 0.717) is 43.6 Å². The van der Waals surface area contributed by atoms with Gasteiger partial charge in [-0.3, -0.25) is 9.59 Å². The van der Waals surface area contributed by atoms with E-state index in [0.717, 1.165) is 6.20 Å². The number of piperazine rings is 1. The molecule has 10 nitrogen and oxygen atoms in total. The second-order valence-corrected chi connectivity index (χ2v) is 7.85. The summed E-state index contributed by atoms with van der Waals surface area (Å²) in [6.45, 7) is 3.86. The van der Waals surface area contributed by atoms with Crippen molar-refractivity contribution in [1.82, 2.24) is 25.1 Å². The van der Waals surface area contributed by atoms with Gasteiger partial charge in [0.05, 0.1) is 37.7 Å². The number of carbonyl (C=O) groups is 1. The summed E-state index contributed by atoms with van der Waals surface area (Å²) in [4.78, 5) is 36.0. The number of halogens is 4. The largest absolute Gasteiger partial charge is 0.488 e. The first-order valence-corrected chi connectivity index (χ1v) is 11.0. The van der Waals surface area contributed by atoms with Crippen LogP contribution >= 0.6 is 11.6 Å². The number of amides is 1. The van der Waals surface area contributed by atoms with E-state index in [1.165, 1.54) is 6.20 Å². The van der Waals surface area contributed by atoms with Crippen LogP contribution in [-0.2, 0) is 15.7 Å². The summed E-state index contributed by atoms with van der Waals surface area (Å²) in [6, 6.07) is 0. The Bertz CT molecular complexity index is 1010. The zero-order chi connectivity index (χ0) is 24.7. The Morgan fingerprint density at radius 2 is 1.94 bits per heavy atom. The SMILES string of the molecule is CC[C@@H](COc1cn[nH]c(=O)c1C(F)(F)F)OCCC(=O)N1CCN(c2cnc(Cl)cn2)CC1. The molecule has 186 valence electrons. The van der Waals surface area contributed by atoms with Crippen LogP contribution in [0.25, 0.3) is 0 Å². The number of H-pyrrole nitrogens is 1. The molecule has 2 aromatic heterocycles. The Balaban J connectivity index is 1.43. The van der Waals surface area contributed by atoms with Gasteiger partial charge in [0.1, 0.15) is 17.6 Å². The molecular weight excluding hydrogens is 481 g/mol. The molecule has 0 spiro atoms. The molecule has 1 aliphatic heterocycles. The highest BCUT2D eigenvalue weighted by molar-refractivity contribution is 6.29. The molecular formula is C20H24ClF3N6O4. The highest BCUT2D eigenvalue weighted by Gasteiger charge is 2.38. The second-order valence-electron chi connectivity index (χ2n) is 7.46. The summed E-state index contributed by atoms with van der Waals surface area (Å²) in [5, 5.41) is 5.41. The van der Waals surface area contributed by atoms with Gasteiger partial charge in [-0.1, -0.05) is 18.5 Å². The molecule has 1 amide bonds. The summed E-state index contributed by atoms with van der Waals surface area (Å²) in [5.41, 5.74) is -2.83. The van der Waals surface area contributed by atoms with Gasteiger partial charge in [-0.15, -0.1) is 0 Å². The van der Waals surface area contributed by atoms with Gasteiger partial charge >= 0.3 is 6.18 Å². The van der Waals surface area contributed by atoms with Crippen LogP contribution in [0.2, 0.25) is 5.15 Å². The fraction of sp³-hybridized carbons (Fsp3) is 0.550. The Labute approximate surface area is 198 Å².